The largest absolute Gasteiger partial charge is 0.466 e. The zero-order valence-electron chi connectivity index (χ0n) is 8.29. The van der Waals surface area contributed by atoms with Crippen molar-refractivity contribution in [1.29, 1.82) is 0 Å². The summed E-state index contributed by atoms with van der Waals surface area (Å²) in [6.07, 6.45) is 0.0312. The summed E-state index contributed by atoms with van der Waals surface area (Å²) in [6.45, 7) is 3.86. The standard InChI is InChI=1S/C10H13NO3/c1-3-14-9(12)6-8-5-4-7(2)11-10(8)13/h4-5H,3,6H2,1-2H3,(H,11,13). The number of esters is 1. The summed E-state index contributed by atoms with van der Waals surface area (Å²) in [7, 11) is 0. The van der Waals surface area contributed by atoms with Crippen LogP contribution in [0.5, 0.6) is 0 Å². The van der Waals surface area contributed by atoms with Crippen LogP contribution in [0.15, 0.2) is 16.9 Å². The quantitative estimate of drug-likeness (QED) is 0.725. The predicted molar refractivity (Wildman–Crippen MR) is 52.1 cm³/mol. The van der Waals surface area contributed by atoms with Crippen molar-refractivity contribution in [2.75, 3.05) is 6.61 Å². The molecule has 4 heteroatoms. The van der Waals surface area contributed by atoms with Crippen LogP contribution in [0.1, 0.15) is 18.2 Å². The molecule has 1 heterocycles. The first-order valence-electron chi connectivity index (χ1n) is 4.48. The minimum Gasteiger partial charge on any atom is -0.466 e. The average molecular weight is 195 g/mol. The van der Waals surface area contributed by atoms with E-state index in [0.717, 1.165) is 5.69 Å². The SMILES string of the molecule is CCOC(=O)Cc1ccc(C)[nH]c1=O. The summed E-state index contributed by atoms with van der Waals surface area (Å²) >= 11 is 0. The zero-order chi connectivity index (χ0) is 10.6. The molecule has 0 aliphatic rings. The first-order valence-corrected chi connectivity index (χ1v) is 4.48. The molecule has 0 radical (unpaired) electrons. The Morgan fingerprint density at radius 2 is 2.21 bits per heavy atom. The van der Waals surface area contributed by atoms with Gasteiger partial charge in [0.05, 0.1) is 13.0 Å². The molecule has 0 unspecified atom stereocenters. The van der Waals surface area contributed by atoms with E-state index in [4.69, 9.17) is 4.74 Å². The van der Waals surface area contributed by atoms with Crippen molar-refractivity contribution in [3.8, 4) is 0 Å². The summed E-state index contributed by atoms with van der Waals surface area (Å²) in [5.74, 6) is -0.373. The van der Waals surface area contributed by atoms with Crippen molar-refractivity contribution in [2.24, 2.45) is 0 Å². The Morgan fingerprint density at radius 1 is 1.50 bits per heavy atom. The highest BCUT2D eigenvalue weighted by Gasteiger charge is 2.06. The highest BCUT2D eigenvalue weighted by Crippen LogP contribution is 1.96. The number of aromatic nitrogens is 1. The van der Waals surface area contributed by atoms with E-state index >= 15 is 0 Å². The minimum atomic E-state index is -0.373. The van der Waals surface area contributed by atoms with E-state index in [-0.39, 0.29) is 17.9 Å². The second kappa shape index (κ2) is 4.60. The van der Waals surface area contributed by atoms with Gasteiger partial charge in [-0.1, -0.05) is 6.07 Å². The fourth-order valence-corrected chi connectivity index (χ4v) is 1.11. The van der Waals surface area contributed by atoms with E-state index < -0.39 is 0 Å². The van der Waals surface area contributed by atoms with E-state index in [1.165, 1.54) is 0 Å². The van der Waals surface area contributed by atoms with E-state index in [1.807, 2.05) is 0 Å². The molecule has 76 valence electrons. The Bertz CT molecular complexity index is 381. The molecule has 1 aromatic heterocycles. The van der Waals surface area contributed by atoms with Crippen molar-refractivity contribution >= 4 is 5.97 Å². The number of carbonyl (C=O) groups is 1. The third-order valence-corrected chi connectivity index (χ3v) is 1.78. The molecule has 0 amide bonds. The number of H-pyrrole nitrogens is 1. The Labute approximate surface area is 81.9 Å². The molecule has 0 bridgehead atoms. The molecule has 0 atom stereocenters. The molecule has 0 aliphatic carbocycles. The second-order valence-electron chi connectivity index (χ2n) is 2.98. The van der Waals surface area contributed by atoms with Gasteiger partial charge in [0.15, 0.2) is 0 Å². The average Bonchev–Trinajstić information content (AvgIpc) is 2.10. The van der Waals surface area contributed by atoms with Gasteiger partial charge in [-0.15, -0.1) is 0 Å². The van der Waals surface area contributed by atoms with Crippen LogP contribution < -0.4 is 5.56 Å². The first kappa shape index (κ1) is 10.5. The van der Waals surface area contributed by atoms with Crippen molar-refractivity contribution in [3.63, 3.8) is 0 Å². The minimum absolute atomic E-state index is 0.0312. The molecular formula is C10H13NO3. The molecule has 0 spiro atoms. The fraction of sp³-hybridized carbons (Fsp3) is 0.400. The summed E-state index contributed by atoms with van der Waals surface area (Å²) in [5, 5.41) is 0. The van der Waals surface area contributed by atoms with Crippen molar-refractivity contribution in [3.05, 3.63) is 33.7 Å². The van der Waals surface area contributed by atoms with E-state index in [2.05, 4.69) is 4.98 Å². The number of pyridine rings is 1. The number of rotatable bonds is 3. The Morgan fingerprint density at radius 3 is 2.79 bits per heavy atom. The lowest BCUT2D eigenvalue weighted by atomic mass is 10.2. The van der Waals surface area contributed by atoms with Crippen molar-refractivity contribution < 1.29 is 9.53 Å². The molecule has 0 saturated carbocycles. The van der Waals surface area contributed by atoms with Gasteiger partial charge in [0, 0.05) is 11.3 Å². The molecule has 1 N–H and O–H groups in total. The Kier molecular flexibility index (Phi) is 3.45. The molecule has 0 aromatic carbocycles. The van der Waals surface area contributed by atoms with E-state index in [9.17, 15) is 9.59 Å². The van der Waals surface area contributed by atoms with Crippen LogP contribution in [0, 0.1) is 6.92 Å². The number of aromatic amines is 1. The van der Waals surface area contributed by atoms with Gasteiger partial charge in [-0.3, -0.25) is 9.59 Å². The Hall–Kier alpha value is -1.58. The Balaban J connectivity index is 2.77. The number of aryl methyl sites for hydroxylation is 1. The number of nitrogens with one attached hydrogen (secondary N) is 1. The third kappa shape index (κ3) is 2.73. The highest BCUT2D eigenvalue weighted by atomic mass is 16.5. The number of hydrogen-bond acceptors (Lipinski definition) is 3. The zero-order valence-corrected chi connectivity index (χ0v) is 8.29. The first-order chi connectivity index (χ1) is 6.63. The summed E-state index contributed by atoms with van der Waals surface area (Å²) < 4.78 is 4.74. The second-order valence-corrected chi connectivity index (χ2v) is 2.98. The molecule has 1 aromatic rings. The molecule has 0 saturated heterocycles. The molecular weight excluding hydrogens is 182 g/mol. The lowest BCUT2D eigenvalue weighted by Crippen LogP contribution is -2.18. The number of ether oxygens (including phenoxy) is 1. The molecule has 14 heavy (non-hydrogen) atoms. The predicted octanol–water partition coefficient (Wildman–Crippen LogP) is 0.789. The topological polar surface area (TPSA) is 59.2 Å². The van der Waals surface area contributed by atoms with Crippen LogP contribution in [0.25, 0.3) is 0 Å². The maximum atomic E-state index is 11.3. The van der Waals surface area contributed by atoms with E-state index in [0.29, 0.717) is 12.2 Å². The van der Waals surface area contributed by atoms with Crippen molar-refractivity contribution in [1.82, 2.24) is 4.98 Å². The number of hydrogen-bond donors (Lipinski definition) is 1. The van der Waals surface area contributed by atoms with Gasteiger partial charge in [-0.2, -0.15) is 0 Å². The smallest absolute Gasteiger partial charge is 0.310 e. The van der Waals surface area contributed by atoms with Crippen LogP contribution in [0.3, 0.4) is 0 Å². The van der Waals surface area contributed by atoms with Gasteiger partial charge in [0.25, 0.3) is 5.56 Å². The number of carbonyl (C=O) groups excluding carboxylic acids is 1. The van der Waals surface area contributed by atoms with Gasteiger partial charge < -0.3 is 9.72 Å². The van der Waals surface area contributed by atoms with Gasteiger partial charge in [0.2, 0.25) is 0 Å². The normalized spacial score (nSPS) is 9.86. The molecule has 0 aliphatic heterocycles. The van der Waals surface area contributed by atoms with Gasteiger partial charge in [-0.05, 0) is 19.9 Å². The molecule has 4 nitrogen and oxygen atoms in total. The van der Waals surface area contributed by atoms with Crippen LogP contribution in [0.4, 0.5) is 0 Å². The maximum absolute atomic E-state index is 11.3. The van der Waals surface area contributed by atoms with Crippen LogP contribution in [0.2, 0.25) is 0 Å². The summed E-state index contributed by atoms with van der Waals surface area (Å²) in [4.78, 5) is 25.0. The van der Waals surface area contributed by atoms with Crippen molar-refractivity contribution in [2.45, 2.75) is 20.3 Å². The van der Waals surface area contributed by atoms with Gasteiger partial charge >= 0.3 is 5.97 Å². The molecule has 1 rings (SSSR count). The highest BCUT2D eigenvalue weighted by molar-refractivity contribution is 5.72. The van der Waals surface area contributed by atoms with Gasteiger partial charge in [-0.25, -0.2) is 0 Å². The maximum Gasteiger partial charge on any atom is 0.310 e. The third-order valence-electron chi connectivity index (χ3n) is 1.78. The molecule has 0 fully saturated rings. The van der Waals surface area contributed by atoms with E-state index in [1.54, 1.807) is 26.0 Å². The lowest BCUT2D eigenvalue weighted by molar-refractivity contribution is -0.142. The monoisotopic (exact) mass is 195 g/mol. The van der Waals surface area contributed by atoms with Crippen LogP contribution in [-0.2, 0) is 16.0 Å². The summed E-state index contributed by atoms with van der Waals surface area (Å²) in [5.41, 5.74) is 0.995. The van der Waals surface area contributed by atoms with Crippen LogP contribution in [-0.4, -0.2) is 17.6 Å². The fourth-order valence-electron chi connectivity index (χ4n) is 1.11. The van der Waals surface area contributed by atoms with Gasteiger partial charge in [0.1, 0.15) is 0 Å². The lowest BCUT2D eigenvalue weighted by Gasteiger charge is -2.01. The van der Waals surface area contributed by atoms with Crippen LogP contribution >= 0.6 is 0 Å². The summed E-state index contributed by atoms with van der Waals surface area (Å²) in [6, 6.07) is 3.40.